The molecule has 0 aromatic heterocycles. The lowest BCUT2D eigenvalue weighted by atomic mass is 10.1. The van der Waals surface area contributed by atoms with Crippen LogP contribution in [0.25, 0.3) is 0 Å². The fourth-order valence-electron chi connectivity index (χ4n) is 1.79. The Kier molecular flexibility index (Phi) is 5.40. The summed E-state index contributed by atoms with van der Waals surface area (Å²) in [6.07, 6.45) is 4.12. The number of benzene rings is 1. The maximum absolute atomic E-state index is 9.00. The molecular weight excluding hydrogens is 202 g/mol. The lowest BCUT2D eigenvalue weighted by Gasteiger charge is -2.28. The predicted octanol–water partition coefficient (Wildman–Crippen LogP) is 2.77. The van der Waals surface area contributed by atoms with E-state index >= 15 is 0 Å². The Hall–Kier alpha value is -1.51. The van der Waals surface area contributed by atoms with Gasteiger partial charge in [-0.05, 0) is 31.4 Å². The Labute approximate surface area is 96.7 Å². The Morgan fingerprint density at radius 3 is 2.12 bits per heavy atom. The average Bonchev–Trinajstić information content (AvgIpc) is 2.31. The zero-order valence-corrected chi connectivity index (χ0v) is 9.72. The number of carbonyl (C=O) groups is 1. The Balaban J connectivity index is 0.000000280. The molecule has 1 aromatic rings. The van der Waals surface area contributed by atoms with Gasteiger partial charge in [0.05, 0.1) is 0 Å². The molecule has 2 rings (SSSR count). The van der Waals surface area contributed by atoms with Gasteiger partial charge in [-0.1, -0.05) is 18.2 Å². The van der Waals surface area contributed by atoms with Crippen molar-refractivity contribution in [1.82, 2.24) is 0 Å². The first-order valence-electron chi connectivity index (χ1n) is 5.69. The van der Waals surface area contributed by atoms with Crippen LogP contribution in [-0.4, -0.2) is 24.2 Å². The van der Waals surface area contributed by atoms with Crippen LogP contribution in [0, 0.1) is 0 Å². The van der Waals surface area contributed by atoms with E-state index in [4.69, 9.17) is 9.90 Å². The summed E-state index contributed by atoms with van der Waals surface area (Å²) in [6.45, 7) is 3.56. The second-order valence-corrected chi connectivity index (χ2v) is 3.90. The highest BCUT2D eigenvalue weighted by atomic mass is 16.4. The number of rotatable bonds is 1. The van der Waals surface area contributed by atoms with Crippen LogP contribution in [0.4, 0.5) is 5.69 Å². The number of anilines is 1. The molecule has 1 N–H and O–H groups in total. The van der Waals surface area contributed by atoms with Gasteiger partial charge < -0.3 is 10.0 Å². The maximum atomic E-state index is 9.00. The van der Waals surface area contributed by atoms with Gasteiger partial charge >= 0.3 is 0 Å². The molecule has 0 spiro atoms. The van der Waals surface area contributed by atoms with Crippen LogP contribution in [0.15, 0.2) is 30.3 Å². The number of piperidine rings is 1. The first-order valence-corrected chi connectivity index (χ1v) is 5.69. The van der Waals surface area contributed by atoms with E-state index in [0.717, 1.165) is 6.92 Å². The first-order chi connectivity index (χ1) is 7.70. The van der Waals surface area contributed by atoms with Crippen LogP contribution in [0.2, 0.25) is 0 Å². The number of hydrogen-bond donors (Lipinski definition) is 1. The van der Waals surface area contributed by atoms with E-state index in [2.05, 4.69) is 35.2 Å². The van der Waals surface area contributed by atoms with Crippen LogP contribution in [0.1, 0.15) is 26.2 Å². The third kappa shape index (κ3) is 4.82. The van der Waals surface area contributed by atoms with Crippen LogP contribution < -0.4 is 4.90 Å². The molecule has 0 radical (unpaired) electrons. The van der Waals surface area contributed by atoms with Gasteiger partial charge in [-0.3, -0.25) is 4.79 Å². The molecule has 1 aliphatic rings. The Morgan fingerprint density at radius 2 is 1.62 bits per heavy atom. The van der Waals surface area contributed by atoms with Crippen molar-refractivity contribution in [3.05, 3.63) is 30.3 Å². The van der Waals surface area contributed by atoms with Gasteiger partial charge in [0.2, 0.25) is 0 Å². The summed E-state index contributed by atoms with van der Waals surface area (Å²) >= 11 is 0. The standard InChI is InChI=1S/C11H15N.C2H4O2/c1-3-7-11(8-4-1)12-9-5-2-6-10-12;1-2(3)4/h1,3-4,7-8H,2,5-6,9-10H2;1H3,(H,3,4). The topological polar surface area (TPSA) is 40.5 Å². The van der Waals surface area contributed by atoms with Crippen molar-refractivity contribution in [3.8, 4) is 0 Å². The summed E-state index contributed by atoms with van der Waals surface area (Å²) in [6, 6.07) is 10.7. The van der Waals surface area contributed by atoms with E-state index in [1.54, 1.807) is 0 Å². The molecular formula is C13H19NO2. The van der Waals surface area contributed by atoms with E-state index in [0.29, 0.717) is 0 Å². The van der Waals surface area contributed by atoms with Gasteiger partial charge in [-0.15, -0.1) is 0 Å². The Bertz CT molecular complexity index is 301. The van der Waals surface area contributed by atoms with Crippen molar-refractivity contribution < 1.29 is 9.90 Å². The summed E-state index contributed by atoms with van der Waals surface area (Å²) in [5.74, 6) is -0.833. The molecule has 0 unspecified atom stereocenters. The van der Waals surface area contributed by atoms with Gasteiger partial charge in [0.15, 0.2) is 0 Å². The van der Waals surface area contributed by atoms with E-state index in [9.17, 15) is 0 Å². The largest absolute Gasteiger partial charge is 0.481 e. The molecule has 0 saturated carbocycles. The summed E-state index contributed by atoms with van der Waals surface area (Å²) < 4.78 is 0. The number of carboxylic acid groups (broad SMARTS) is 1. The fourth-order valence-corrected chi connectivity index (χ4v) is 1.79. The lowest BCUT2D eigenvalue weighted by molar-refractivity contribution is -0.134. The van der Waals surface area contributed by atoms with Crippen molar-refractivity contribution in [1.29, 1.82) is 0 Å². The van der Waals surface area contributed by atoms with E-state index < -0.39 is 5.97 Å². The summed E-state index contributed by atoms with van der Waals surface area (Å²) in [5.41, 5.74) is 1.39. The van der Waals surface area contributed by atoms with Gasteiger partial charge in [0, 0.05) is 25.7 Å². The van der Waals surface area contributed by atoms with Crippen molar-refractivity contribution in [2.75, 3.05) is 18.0 Å². The normalized spacial score (nSPS) is 14.9. The molecule has 16 heavy (non-hydrogen) atoms. The van der Waals surface area contributed by atoms with Gasteiger partial charge in [-0.2, -0.15) is 0 Å². The minimum atomic E-state index is -0.833. The number of carboxylic acids is 1. The van der Waals surface area contributed by atoms with Gasteiger partial charge in [0.25, 0.3) is 5.97 Å². The summed E-state index contributed by atoms with van der Waals surface area (Å²) in [4.78, 5) is 11.5. The molecule has 1 heterocycles. The second kappa shape index (κ2) is 6.88. The van der Waals surface area contributed by atoms with Crippen molar-refractivity contribution in [2.45, 2.75) is 26.2 Å². The molecule has 3 nitrogen and oxygen atoms in total. The minimum Gasteiger partial charge on any atom is -0.481 e. The van der Waals surface area contributed by atoms with Crippen LogP contribution in [0.3, 0.4) is 0 Å². The molecule has 0 aliphatic carbocycles. The third-order valence-electron chi connectivity index (χ3n) is 2.48. The Morgan fingerprint density at radius 1 is 1.12 bits per heavy atom. The van der Waals surface area contributed by atoms with E-state index in [1.165, 1.54) is 38.0 Å². The highest BCUT2D eigenvalue weighted by Gasteiger charge is 2.09. The minimum absolute atomic E-state index is 0.833. The van der Waals surface area contributed by atoms with Crippen LogP contribution in [-0.2, 0) is 4.79 Å². The number of aliphatic carboxylic acids is 1. The molecule has 1 fully saturated rings. The molecule has 1 saturated heterocycles. The third-order valence-corrected chi connectivity index (χ3v) is 2.48. The quantitative estimate of drug-likeness (QED) is 0.792. The zero-order valence-electron chi connectivity index (χ0n) is 9.72. The van der Waals surface area contributed by atoms with Gasteiger partial charge in [-0.25, -0.2) is 0 Å². The monoisotopic (exact) mass is 221 g/mol. The molecule has 1 aromatic carbocycles. The van der Waals surface area contributed by atoms with Crippen molar-refractivity contribution in [2.24, 2.45) is 0 Å². The highest BCUT2D eigenvalue weighted by Crippen LogP contribution is 2.18. The maximum Gasteiger partial charge on any atom is 0.300 e. The smallest absolute Gasteiger partial charge is 0.300 e. The summed E-state index contributed by atoms with van der Waals surface area (Å²) in [7, 11) is 0. The predicted molar refractivity (Wildman–Crippen MR) is 65.8 cm³/mol. The molecule has 1 aliphatic heterocycles. The average molecular weight is 221 g/mol. The number of nitrogens with zero attached hydrogens (tertiary/aromatic N) is 1. The first kappa shape index (κ1) is 12.6. The SMILES string of the molecule is CC(=O)O.c1ccc(N2CCCCC2)cc1. The second-order valence-electron chi connectivity index (χ2n) is 3.90. The van der Waals surface area contributed by atoms with Gasteiger partial charge in [0.1, 0.15) is 0 Å². The summed E-state index contributed by atoms with van der Waals surface area (Å²) in [5, 5.41) is 7.42. The molecule has 0 amide bonds. The van der Waals surface area contributed by atoms with E-state index in [1.807, 2.05) is 0 Å². The van der Waals surface area contributed by atoms with E-state index in [-0.39, 0.29) is 0 Å². The van der Waals surface area contributed by atoms with Crippen molar-refractivity contribution in [3.63, 3.8) is 0 Å². The van der Waals surface area contributed by atoms with Crippen LogP contribution >= 0.6 is 0 Å². The number of hydrogen-bond acceptors (Lipinski definition) is 2. The molecule has 0 atom stereocenters. The zero-order chi connectivity index (χ0) is 11.8. The molecule has 3 heteroatoms. The van der Waals surface area contributed by atoms with Crippen LogP contribution in [0.5, 0.6) is 0 Å². The number of para-hydroxylation sites is 1. The van der Waals surface area contributed by atoms with Crippen molar-refractivity contribution >= 4 is 11.7 Å². The molecule has 88 valence electrons. The fraction of sp³-hybridized carbons (Fsp3) is 0.462. The lowest BCUT2D eigenvalue weighted by Crippen LogP contribution is -2.29. The highest BCUT2D eigenvalue weighted by molar-refractivity contribution is 5.62. The molecule has 0 bridgehead atoms.